The van der Waals surface area contributed by atoms with E-state index in [0.717, 1.165) is 5.56 Å². The molecular weight excluding hydrogens is 564 g/mol. The van der Waals surface area contributed by atoms with E-state index < -0.39 is 21.4 Å². The highest BCUT2D eigenvalue weighted by Gasteiger charge is 2.35. The van der Waals surface area contributed by atoms with Crippen LogP contribution in [0.25, 0.3) is 17.1 Å². The van der Waals surface area contributed by atoms with Gasteiger partial charge in [-0.05, 0) is 37.6 Å². The number of sulfonamides is 1. The number of hydrogen-bond donors (Lipinski definition) is 2. The number of phenols is 1. The van der Waals surface area contributed by atoms with Gasteiger partial charge in [-0.3, -0.25) is 9.29 Å². The van der Waals surface area contributed by atoms with Crippen LogP contribution in [0, 0.1) is 19.1 Å². The number of nitrogens with one attached hydrogen (secondary N) is 1. The number of ether oxygens (including phenoxy) is 2. The molecule has 2 N–H and O–H groups in total. The van der Waals surface area contributed by atoms with Gasteiger partial charge < -0.3 is 14.6 Å². The first-order valence-corrected chi connectivity index (χ1v) is 13.2. The fourth-order valence-electron chi connectivity index (χ4n) is 3.60. The fraction of sp³-hybridized carbons (Fsp3) is 0.250. The molecule has 0 aliphatic carbocycles. The van der Waals surface area contributed by atoms with E-state index in [1.54, 1.807) is 36.7 Å². The van der Waals surface area contributed by atoms with Gasteiger partial charge in [0.1, 0.15) is 28.5 Å². The van der Waals surface area contributed by atoms with Crippen molar-refractivity contribution >= 4 is 31.9 Å². The predicted molar refractivity (Wildman–Crippen MR) is 139 cm³/mol. The Morgan fingerprint density at radius 1 is 1.19 bits per heavy atom. The Hall–Kier alpha value is -3.73. The number of methoxy groups -OCH3 is 2. The molecule has 2 heterocycles. The third-order valence-corrected chi connectivity index (χ3v) is 7.63. The highest BCUT2D eigenvalue weighted by atomic mass is 79.9. The molecule has 0 amide bonds. The Balaban J connectivity index is 1.82. The molecule has 2 atom stereocenters. The molecule has 0 aliphatic rings. The van der Waals surface area contributed by atoms with Gasteiger partial charge >= 0.3 is 0 Å². The van der Waals surface area contributed by atoms with Crippen molar-refractivity contribution in [1.82, 2.24) is 24.7 Å². The normalized spacial score (nSPS) is 13.0. The molecule has 0 unspecified atom stereocenters. The van der Waals surface area contributed by atoms with Crippen molar-refractivity contribution < 1.29 is 23.0 Å². The fourth-order valence-corrected chi connectivity index (χ4v) is 5.07. The van der Waals surface area contributed by atoms with Crippen molar-refractivity contribution in [1.29, 1.82) is 0 Å². The van der Waals surface area contributed by atoms with Crippen LogP contribution in [0.5, 0.6) is 11.5 Å². The molecular formula is C24H23BrN6O5S. The van der Waals surface area contributed by atoms with Crippen molar-refractivity contribution in [2.75, 3.05) is 18.9 Å². The number of para-hydroxylation sites is 1. The van der Waals surface area contributed by atoms with Crippen LogP contribution in [0.2, 0.25) is 0 Å². The lowest BCUT2D eigenvalue weighted by Gasteiger charge is -2.22. The molecule has 2 aromatic carbocycles. The Labute approximate surface area is 222 Å². The predicted octanol–water partition coefficient (Wildman–Crippen LogP) is 3.63. The molecule has 4 rings (SSSR count). The van der Waals surface area contributed by atoms with E-state index in [1.165, 1.54) is 31.8 Å². The molecule has 4 aromatic rings. The van der Waals surface area contributed by atoms with Crippen molar-refractivity contribution in [3.05, 3.63) is 70.7 Å². The zero-order valence-electron chi connectivity index (χ0n) is 20.3. The summed E-state index contributed by atoms with van der Waals surface area (Å²) in [5, 5.41) is 17.9. The van der Waals surface area contributed by atoms with E-state index in [9.17, 15) is 13.5 Å². The van der Waals surface area contributed by atoms with Gasteiger partial charge in [-0.2, -0.15) is 0 Å². The van der Waals surface area contributed by atoms with Crippen LogP contribution in [-0.2, 0) is 14.8 Å². The standard InChI is InChI=1S/C24H23BrN6O5S/c1-14-12-26-22(27-13-14)21(36-4)15(2)37(33,34)30-24-29-28-23(16-7-5-8-17(25)11-16)31(24)20-18(32)9-6-10-19(20)35-3/h6,8-13,15,21,32H,1-4H3,(H,29,30)/t15-,21-/m0/s1. The topological polar surface area (TPSA) is 141 Å². The van der Waals surface area contributed by atoms with Crippen molar-refractivity contribution in [3.63, 3.8) is 0 Å². The maximum absolute atomic E-state index is 13.5. The molecule has 37 heavy (non-hydrogen) atoms. The number of phenolic OH excluding ortho intramolecular Hbond substituents is 1. The molecule has 11 nitrogen and oxygen atoms in total. The highest BCUT2D eigenvalue weighted by Crippen LogP contribution is 2.37. The first kappa shape index (κ1) is 26.3. The first-order chi connectivity index (χ1) is 17.7. The van der Waals surface area contributed by atoms with Crippen LogP contribution >= 0.6 is 15.9 Å². The summed E-state index contributed by atoms with van der Waals surface area (Å²) in [5.74, 6) is 0.296. The lowest BCUT2D eigenvalue weighted by molar-refractivity contribution is 0.0949. The average Bonchev–Trinajstić information content (AvgIpc) is 3.27. The number of anilines is 1. The summed E-state index contributed by atoms with van der Waals surface area (Å²) >= 11 is 3.39. The maximum atomic E-state index is 13.5. The largest absolute Gasteiger partial charge is 0.506 e. The maximum Gasteiger partial charge on any atom is 0.243 e. The highest BCUT2D eigenvalue weighted by molar-refractivity contribution is 9.10. The monoisotopic (exact) mass is 586 g/mol. The van der Waals surface area contributed by atoms with Gasteiger partial charge in [0.2, 0.25) is 16.0 Å². The molecule has 0 aliphatic heterocycles. The number of aryl methyl sites for hydroxylation is 1. The third kappa shape index (κ3) is 5.36. The second-order valence-corrected chi connectivity index (χ2v) is 10.9. The molecule has 0 bridgehead atoms. The molecule has 0 saturated heterocycles. The van der Waals surface area contributed by atoms with Crippen molar-refractivity contribution in [2.24, 2.45) is 0 Å². The van der Waals surface area contributed by atoms with Gasteiger partial charge in [0, 0.05) is 30.0 Å². The molecule has 0 radical (unpaired) electrons. The second kappa shape index (κ2) is 10.7. The number of aromatic nitrogens is 5. The third-order valence-electron chi connectivity index (χ3n) is 5.48. The number of halogens is 1. The van der Waals surface area contributed by atoms with Gasteiger partial charge in [0.15, 0.2) is 11.6 Å². The van der Waals surface area contributed by atoms with Gasteiger partial charge in [-0.25, -0.2) is 18.4 Å². The number of aromatic hydroxyl groups is 1. The van der Waals surface area contributed by atoms with E-state index >= 15 is 0 Å². The summed E-state index contributed by atoms with van der Waals surface area (Å²) in [6.07, 6.45) is 2.20. The summed E-state index contributed by atoms with van der Waals surface area (Å²) in [4.78, 5) is 8.44. The number of rotatable bonds is 9. The van der Waals surface area contributed by atoms with Crippen molar-refractivity contribution in [3.8, 4) is 28.6 Å². The van der Waals surface area contributed by atoms with E-state index in [-0.39, 0.29) is 34.8 Å². The zero-order valence-corrected chi connectivity index (χ0v) is 22.7. The van der Waals surface area contributed by atoms with Gasteiger partial charge in [0.05, 0.1) is 12.7 Å². The Morgan fingerprint density at radius 3 is 2.57 bits per heavy atom. The number of benzene rings is 1. The Kier molecular flexibility index (Phi) is 7.63. The van der Waals surface area contributed by atoms with E-state index in [2.05, 4.69) is 53.0 Å². The molecule has 0 fully saturated rings. The van der Waals surface area contributed by atoms with Crippen LogP contribution < -0.4 is 9.46 Å². The minimum Gasteiger partial charge on any atom is -0.506 e. The van der Waals surface area contributed by atoms with Gasteiger partial charge in [-0.15, -0.1) is 10.2 Å². The van der Waals surface area contributed by atoms with Crippen LogP contribution in [0.1, 0.15) is 24.4 Å². The van der Waals surface area contributed by atoms with Gasteiger partial charge in [-0.1, -0.05) is 34.1 Å². The molecule has 0 saturated carbocycles. The average molecular weight is 587 g/mol. The summed E-state index contributed by atoms with van der Waals surface area (Å²) < 4.78 is 42.5. The molecule has 0 spiro atoms. The second-order valence-electron chi connectivity index (χ2n) is 7.99. The quantitative estimate of drug-likeness (QED) is 0.300. The Bertz CT molecular complexity index is 1510. The molecule has 192 valence electrons. The van der Waals surface area contributed by atoms with Crippen LogP contribution in [0.4, 0.5) is 5.95 Å². The summed E-state index contributed by atoms with van der Waals surface area (Å²) in [6, 6.07) is 13.8. The Morgan fingerprint density at radius 2 is 1.92 bits per heavy atom. The van der Waals surface area contributed by atoms with Crippen LogP contribution in [-0.4, -0.2) is 57.7 Å². The minimum absolute atomic E-state index is 0.133. The smallest absolute Gasteiger partial charge is 0.243 e. The number of hydrogen-bond acceptors (Lipinski definition) is 9. The SMILES string of the molecule is COc1cccc(O)c1-n1c(NS(=O)(=O)[C@@H](C)[C@H](OC)c2ncc(C)cn2)nnc1-c1c#ccc(Br)c1. The first-order valence-electron chi connectivity index (χ1n) is 10.9. The van der Waals surface area contributed by atoms with E-state index in [0.29, 0.717) is 10.0 Å². The zero-order chi connectivity index (χ0) is 26.7. The van der Waals surface area contributed by atoms with Crippen molar-refractivity contribution in [2.45, 2.75) is 25.2 Å². The van der Waals surface area contributed by atoms with E-state index in [1.807, 2.05) is 6.92 Å². The lowest BCUT2D eigenvalue weighted by Crippen LogP contribution is -2.33. The molecule has 13 heteroatoms. The van der Waals surface area contributed by atoms with Crippen LogP contribution in [0.3, 0.4) is 0 Å². The summed E-state index contributed by atoms with van der Waals surface area (Å²) in [6.45, 7) is 3.30. The van der Waals surface area contributed by atoms with Crippen LogP contribution in [0.15, 0.2) is 47.2 Å². The number of nitrogens with zero attached hydrogens (tertiary/aromatic N) is 5. The lowest BCUT2D eigenvalue weighted by atomic mass is 10.2. The molecule has 2 aromatic heterocycles. The van der Waals surface area contributed by atoms with Gasteiger partial charge in [0.25, 0.3) is 0 Å². The summed E-state index contributed by atoms with van der Waals surface area (Å²) in [5.41, 5.74) is 1.40. The summed E-state index contributed by atoms with van der Waals surface area (Å²) in [7, 11) is -1.34. The van der Waals surface area contributed by atoms with E-state index in [4.69, 9.17) is 9.47 Å². The minimum atomic E-state index is -4.15.